The first-order valence-corrected chi connectivity index (χ1v) is 4.46. The molecule has 1 atom stereocenters. The Balaban J connectivity index is 2.83. The maximum absolute atomic E-state index is 5.72. The lowest BCUT2D eigenvalue weighted by atomic mass is 10.4. The number of ether oxygens (including phenoxy) is 1. The minimum Gasteiger partial charge on any atom is -0.361 e. The van der Waals surface area contributed by atoms with Crippen LogP contribution >= 0.6 is 11.6 Å². The number of rotatable bonds is 4. The van der Waals surface area contributed by atoms with Gasteiger partial charge in [-0.2, -0.15) is 0 Å². The Morgan fingerprint density at radius 3 is 3.00 bits per heavy atom. The predicted octanol–water partition coefficient (Wildman–Crippen LogP) is 2.18. The first-order valence-electron chi connectivity index (χ1n) is 3.93. The van der Waals surface area contributed by atoms with Crippen molar-refractivity contribution in [1.29, 1.82) is 0 Å². The van der Waals surface area contributed by atoms with Gasteiger partial charge in [0.25, 0.3) is 0 Å². The third kappa shape index (κ3) is 1.79. The molecule has 12 heavy (non-hydrogen) atoms. The smallest absolute Gasteiger partial charge is 0.134 e. The molecule has 0 saturated heterocycles. The van der Waals surface area contributed by atoms with Crippen molar-refractivity contribution in [2.45, 2.75) is 25.5 Å². The molecule has 0 fully saturated rings. The zero-order valence-electron chi connectivity index (χ0n) is 7.33. The average Bonchev–Trinajstić information content (AvgIpc) is 2.55. The summed E-state index contributed by atoms with van der Waals surface area (Å²) < 4.78 is 7.20. The second-order valence-electron chi connectivity index (χ2n) is 2.52. The molecule has 1 aromatic heterocycles. The Morgan fingerprint density at radius 2 is 2.50 bits per heavy atom. The number of methoxy groups -OCH3 is 1. The van der Waals surface area contributed by atoms with Gasteiger partial charge in [0.05, 0.1) is 17.9 Å². The molecule has 0 aliphatic heterocycles. The lowest BCUT2D eigenvalue weighted by molar-refractivity contribution is 0.0393. The molecule has 1 aromatic rings. The van der Waals surface area contributed by atoms with Gasteiger partial charge in [0, 0.05) is 13.3 Å². The van der Waals surface area contributed by atoms with E-state index < -0.39 is 0 Å². The molecular weight excluding hydrogens is 176 g/mol. The van der Waals surface area contributed by atoms with Gasteiger partial charge < -0.3 is 9.30 Å². The number of imidazole rings is 1. The van der Waals surface area contributed by atoms with Crippen LogP contribution in [0.1, 0.15) is 25.3 Å². The second-order valence-corrected chi connectivity index (χ2v) is 2.79. The van der Waals surface area contributed by atoms with E-state index in [9.17, 15) is 0 Å². The van der Waals surface area contributed by atoms with Crippen molar-refractivity contribution in [3.05, 3.63) is 18.2 Å². The van der Waals surface area contributed by atoms with Gasteiger partial charge in [-0.3, -0.25) is 0 Å². The molecule has 4 heteroatoms. The monoisotopic (exact) mass is 188 g/mol. The van der Waals surface area contributed by atoms with Gasteiger partial charge in [-0.05, 0) is 6.42 Å². The van der Waals surface area contributed by atoms with Crippen LogP contribution < -0.4 is 0 Å². The first-order chi connectivity index (χ1) is 5.83. The van der Waals surface area contributed by atoms with Gasteiger partial charge in [0.2, 0.25) is 0 Å². The summed E-state index contributed by atoms with van der Waals surface area (Å²) in [6, 6.07) is 0. The van der Waals surface area contributed by atoms with Crippen molar-refractivity contribution in [1.82, 2.24) is 9.55 Å². The standard InChI is InChI=1S/C8H13ClN2O/c1-3-8(12-2)11-6-10-5-7(11)4-9/h5-6,8H,3-4H2,1-2H3. The van der Waals surface area contributed by atoms with Gasteiger partial charge in [0.1, 0.15) is 6.23 Å². The number of aromatic nitrogens is 2. The highest BCUT2D eigenvalue weighted by Crippen LogP contribution is 2.15. The van der Waals surface area contributed by atoms with Gasteiger partial charge in [-0.25, -0.2) is 4.98 Å². The molecular formula is C8H13ClN2O. The Bertz CT molecular complexity index is 233. The summed E-state index contributed by atoms with van der Waals surface area (Å²) in [7, 11) is 1.69. The van der Waals surface area contributed by atoms with E-state index in [0.717, 1.165) is 12.1 Å². The molecule has 0 radical (unpaired) electrons. The van der Waals surface area contributed by atoms with Crippen LogP contribution in [0.25, 0.3) is 0 Å². The number of halogens is 1. The normalized spacial score (nSPS) is 13.2. The second kappa shape index (κ2) is 4.48. The van der Waals surface area contributed by atoms with Crippen LogP contribution in [0.5, 0.6) is 0 Å². The molecule has 0 saturated carbocycles. The van der Waals surface area contributed by atoms with Crippen molar-refractivity contribution in [2.24, 2.45) is 0 Å². The van der Waals surface area contributed by atoms with Crippen molar-refractivity contribution < 1.29 is 4.74 Å². The topological polar surface area (TPSA) is 27.1 Å². The Kier molecular flexibility index (Phi) is 3.56. The van der Waals surface area contributed by atoms with Crippen LogP contribution in [0, 0.1) is 0 Å². The summed E-state index contributed by atoms with van der Waals surface area (Å²) in [5, 5.41) is 0. The summed E-state index contributed by atoms with van der Waals surface area (Å²) in [5.74, 6) is 0.472. The van der Waals surface area contributed by atoms with E-state index in [-0.39, 0.29) is 6.23 Å². The molecule has 0 aliphatic rings. The van der Waals surface area contributed by atoms with Crippen molar-refractivity contribution in [3.8, 4) is 0 Å². The first kappa shape index (κ1) is 9.55. The SMILES string of the molecule is CCC(OC)n1cncc1CCl. The molecule has 1 unspecified atom stereocenters. The lowest BCUT2D eigenvalue weighted by Gasteiger charge is -2.16. The lowest BCUT2D eigenvalue weighted by Crippen LogP contribution is -2.11. The molecule has 1 rings (SSSR count). The minimum atomic E-state index is 0.0567. The molecule has 0 aliphatic carbocycles. The molecule has 0 bridgehead atoms. The maximum Gasteiger partial charge on any atom is 0.134 e. The van der Waals surface area contributed by atoms with E-state index in [4.69, 9.17) is 16.3 Å². The molecule has 1 heterocycles. The van der Waals surface area contributed by atoms with E-state index >= 15 is 0 Å². The van der Waals surface area contributed by atoms with Crippen LogP contribution in [0.15, 0.2) is 12.5 Å². The van der Waals surface area contributed by atoms with Crippen LogP contribution in [0.2, 0.25) is 0 Å². The number of hydrogen-bond donors (Lipinski definition) is 0. The summed E-state index contributed by atoms with van der Waals surface area (Å²) in [6.07, 6.45) is 4.47. The van der Waals surface area contributed by atoms with E-state index in [2.05, 4.69) is 11.9 Å². The van der Waals surface area contributed by atoms with E-state index in [1.54, 1.807) is 19.6 Å². The van der Waals surface area contributed by atoms with Gasteiger partial charge in [-0.1, -0.05) is 6.92 Å². The van der Waals surface area contributed by atoms with Gasteiger partial charge in [0.15, 0.2) is 0 Å². The van der Waals surface area contributed by atoms with E-state index in [0.29, 0.717) is 5.88 Å². The zero-order valence-corrected chi connectivity index (χ0v) is 8.08. The minimum absolute atomic E-state index is 0.0567. The Morgan fingerprint density at radius 1 is 1.75 bits per heavy atom. The third-order valence-corrected chi connectivity index (χ3v) is 2.09. The molecule has 3 nitrogen and oxygen atoms in total. The largest absolute Gasteiger partial charge is 0.361 e. The number of nitrogens with zero attached hydrogens (tertiary/aromatic N) is 2. The molecule has 0 aromatic carbocycles. The molecule has 0 spiro atoms. The fourth-order valence-corrected chi connectivity index (χ4v) is 1.38. The van der Waals surface area contributed by atoms with Crippen LogP contribution in [0.4, 0.5) is 0 Å². The van der Waals surface area contributed by atoms with Gasteiger partial charge >= 0.3 is 0 Å². The average molecular weight is 189 g/mol. The summed E-state index contributed by atoms with van der Waals surface area (Å²) in [4.78, 5) is 4.01. The van der Waals surface area contributed by atoms with Crippen molar-refractivity contribution >= 4 is 11.6 Å². The predicted molar refractivity (Wildman–Crippen MR) is 48.1 cm³/mol. The quantitative estimate of drug-likeness (QED) is 0.678. The van der Waals surface area contributed by atoms with Crippen LogP contribution in [0.3, 0.4) is 0 Å². The third-order valence-electron chi connectivity index (χ3n) is 1.81. The summed E-state index contributed by atoms with van der Waals surface area (Å²) >= 11 is 5.72. The zero-order chi connectivity index (χ0) is 8.97. The Hall–Kier alpha value is -0.540. The van der Waals surface area contributed by atoms with E-state index in [1.807, 2.05) is 4.57 Å². The highest BCUT2D eigenvalue weighted by atomic mass is 35.5. The molecule has 68 valence electrons. The van der Waals surface area contributed by atoms with Crippen LogP contribution in [-0.4, -0.2) is 16.7 Å². The van der Waals surface area contributed by atoms with Crippen molar-refractivity contribution in [3.63, 3.8) is 0 Å². The fourth-order valence-electron chi connectivity index (χ4n) is 1.17. The number of alkyl halides is 1. The Labute approximate surface area is 77.3 Å². The van der Waals surface area contributed by atoms with E-state index in [1.165, 1.54) is 0 Å². The fraction of sp³-hybridized carbons (Fsp3) is 0.625. The summed E-state index contributed by atoms with van der Waals surface area (Å²) in [5.41, 5.74) is 0.991. The number of hydrogen-bond acceptors (Lipinski definition) is 2. The van der Waals surface area contributed by atoms with Crippen LogP contribution in [-0.2, 0) is 10.6 Å². The van der Waals surface area contributed by atoms with Gasteiger partial charge in [-0.15, -0.1) is 11.6 Å². The highest BCUT2D eigenvalue weighted by Gasteiger charge is 2.09. The summed E-state index contributed by atoms with van der Waals surface area (Å²) in [6.45, 7) is 2.06. The van der Waals surface area contributed by atoms with Crippen molar-refractivity contribution in [2.75, 3.05) is 7.11 Å². The maximum atomic E-state index is 5.72. The highest BCUT2D eigenvalue weighted by molar-refractivity contribution is 6.16. The molecule has 0 amide bonds. The molecule has 0 N–H and O–H groups in total.